The third kappa shape index (κ3) is 3.84. The van der Waals surface area contributed by atoms with Crippen LogP contribution in [0, 0.1) is 11.6 Å². The molecule has 2 aromatic carbocycles. The molecule has 0 aliphatic carbocycles. The van der Waals surface area contributed by atoms with Crippen LogP contribution in [-0.2, 0) is 0 Å². The van der Waals surface area contributed by atoms with Gasteiger partial charge < -0.3 is 10.5 Å². The largest absolute Gasteiger partial charge is 0.457 e. The van der Waals surface area contributed by atoms with Crippen molar-refractivity contribution >= 4 is 5.82 Å². The van der Waals surface area contributed by atoms with Crippen LogP contribution in [0.4, 0.5) is 14.6 Å². The highest BCUT2D eigenvalue weighted by atomic mass is 19.1. The Hall–Kier alpha value is -4.00. The van der Waals surface area contributed by atoms with E-state index in [9.17, 15) is 13.6 Å². The first-order valence-electron chi connectivity index (χ1n) is 8.68. The van der Waals surface area contributed by atoms with E-state index >= 15 is 0 Å². The first-order valence-corrected chi connectivity index (χ1v) is 8.68. The number of ether oxygens (including phenoxy) is 1. The van der Waals surface area contributed by atoms with Crippen LogP contribution in [0.15, 0.2) is 83.9 Å². The standard InChI is InChI=1S/C22H15F2N3O2/c23-14-3-5-15(6-4-14)27-11-1-2-19(22(27)28)18-8-7-16(12-20(18)24)29-17-9-10-26-21(25)13-17/h1-13H,(H2,25,26). The number of nitrogen functional groups attached to an aromatic ring is 1. The number of halogens is 2. The average molecular weight is 391 g/mol. The normalized spacial score (nSPS) is 10.7. The summed E-state index contributed by atoms with van der Waals surface area (Å²) in [7, 11) is 0. The second-order valence-corrected chi connectivity index (χ2v) is 6.23. The Morgan fingerprint density at radius 2 is 1.66 bits per heavy atom. The van der Waals surface area contributed by atoms with Crippen molar-refractivity contribution in [3.05, 3.63) is 101 Å². The average Bonchev–Trinajstić information content (AvgIpc) is 2.70. The highest BCUT2D eigenvalue weighted by Crippen LogP contribution is 2.28. The van der Waals surface area contributed by atoms with E-state index in [0.717, 1.165) is 0 Å². The van der Waals surface area contributed by atoms with Crippen molar-refractivity contribution in [1.29, 1.82) is 0 Å². The van der Waals surface area contributed by atoms with Crippen LogP contribution in [0.25, 0.3) is 16.8 Å². The molecular formula is C22H15F2N3O2. The maximum Gasteiger partial charge on any atom is 0.263 e. The fourth-order valence-corrected chi connectivity index (χ4v) is 2.91. The Balaban J connectivity index is 1.69. The van der Waals surface area contributed by atoms with E-state index in [4.69, 9.17) is 10.5 Å². The predicted molar refractivity (Wildman–Crippen MR) is 106 cm³/mol. The Morgan fingerprint density at radius 3 is 2.38 bits per heavy atom. The molecular weight excluding hydrogens is 376 g/mol. The molecule has 0 radical (unpaired) electrons. The smallest absolute Gasteiger partial charge is 0.263 e. The number of aromatic nitrogens is 2. The first kappa shape index (κ1) is 18.4. The van der Waals surface area contributed by atoms with Gasteiger partial charge in [-0.05, 0) is 54.6 Å². The predicted octanol–water partition coefficient (Wildman–Crippen LogP) is 4.55. The second kappa shape index (κ2) is 7.55. The van der Waals surface area contributed by atoms with Gasteiger partial charge in [-0.3, -0.25) is 9.36 Å². The molecule has 144 valence electrons. The van der Waals surface area contributed by atoms with Crippen LogP contribution in [-0.4, -0.2) is 9.55 Å². The molecule has 0 spiro atoms. The summed E-state index contributed by atoms with van der Waals surface area (Å²) in [5.74, 6) is -0.0612. The quantitative estimate of drug-likeness (QED) is 0.554. The van der Waals surface area contributed by atoms with E-state index in [1.54, 1.807) is 24.4 Å². The molecule has 4 aromatic rings. The molecule has 0 saturated heterocycles. The minimum absolute atomic E-state index is 0.132. The lowest BCUT2D eigenvalue weighted by molar-refractivity contribution is 0.477. The molecule has 5 nitrogen and oxygen atoms in total. The molecule has 29 heavy (non-hydrogen) atoms. The number of benzene rings is 2. The van der Waals surface area contributed by atoms with Crippen LogP contribution < -0.4 is 16.0 Å². The molecule has 2 N–H and O–H groups in total. The summed E-state index contributed by atoms with van der Waals surface area (Å²) < 4.78 is 34.8. The lowest BCUT2D eigenvalue weighted by Crippen LogP contribution is -2.19. The minimum Gasteiger partial charge on any atom is -0.457 e. The summed E-state index contributed by atoms with van der Waals surface area (Å²) >= 11 is 0. The number of nitrogens with zero attached hydrogens (tertiary/aromatic N) is 2. The number of nitrogens with two attached hydrogens (primary N) is 1. The van der Waals surface area contributed by atoms with Gasteiger partial charge in [-0.15, -0.1) is 0 Å². The van der Waals surface area contributed by atoms with Crippen molar-refractivity contribution in [3.63, 3.8) is 0 Å². The van der Waals surface area contributed by atoms with Gasteiger partial charge in [0.25, 0.3) is 5.56 Å². The van der Waals surface area contributed by atoms with Crippen molar-refractivity contribution in [3.8, 4) is 28.3 Å². The summed E-state index contributed by atoms with van der Waals surface area (Å²) in [6, 6.07) is 16.0. The second-order valence-electron chi connectivity index (χ2n) is 6.23. The van der Waals surface area contributed by atoms with E-state index in [2.05, 4.69) is 4.98 Å². The number of hydrogen-bond donors (Lipinski definition) is 1. The van der Waals surface area contributed by atoms with Gasteiger partial charge in [0.2, 0.25) is 0 Å². The molecule has 4 rings (SSSR count). The number of rotatable bonds is 4. The third-order valence-corrected chi connectivity index (χ3v) is 4.27. The van der Waals surface area contributed by atoms with Gasteiger partial charge in [0, 0.05) is 35.8 Å². The van der Waals surface area contributed by atoms with Gasteiger partial charge in [-0.1, -0.05) is 0 Å². The van der Waals surface area contributed by atoms with Gasteiger partial charge in [-0.25, -0.2) is 13.8 Å². The van der Waals surface area contributed by atoms with E-state index in [0.29, 0.717) is 11.4 Å². The lowest BCUT2D eigenvalue weighted by atomic mass is 10.1. The maximum absolute atomic E-state index is 14.8. The third-order valence-electron chi connectivity index (χ3n) is 4.27. The van der Waals surface area contributed by atoms with Crippen molar-refractivity contribution in [2.75, 3.05) is 5.73 Å². The Labute approximate surface area is 164 Å². The number of pyridine rings is 2. The topological polar surface area (TPSA) is 70.1 Å². The van der Waals surface area contributed by atoms with E-state index in [-0.39, 0.29) is 22.7 Å². The fraction of sp³-hybridized carbons (Fsp3) is 0. The van der Waals surface area contributed by atoms with Gasteiger partial charge in [0.05, 0.1) is 5.56 Å². The molecule has 0 atom stereocenters. The zero-order chi connectivity index (χ0) is 20.4. The van der Waals surface area contributed by atoms with Crippen LogP contribution in [0.2, 0.25) is 0 Å². The first-order chi connectivity index (χ1) is 14.0. The molecule has 0 fully saturated rings. The summed E-state index contributed by atoms with van der Waals surface area (Å²) in [6.45, 7) is 0. The van der Waals surface area contributed by atoms with Crippen LogP contribution in [0.1, 0.15) is 0 Å². The van der Waals surface area contributed by atoms with E-state index in [1.165, 1.54) is 59.3 Å². The highest BCUT2D eigenvalue weighted by molar-refractivity contribution is 5.64. The number of hydrogen-bond acceptors (Lipinski definition) is 4. The molecule has 0 saturated carbocycles. The number of anilines is 1. The Kier molecular flexibility index (Phi) is 4.78. The van der Waals surface area contributed by atoms with Gasteiger partial charge in [0.15, 0.2) is 0 Å². The van der Waals surface area contributed by atoms with Crippen molar-refractivity contribution < 1.29 is 13.5 Å². The molecule has 0 aliphatic heterocycles. The molecule has 7 heteroatoms. The van der Waals surface area contributed by atoms with E-state index in [1.807, 2.05) is 0 Å². The Bertz CT molecular complexity index is 1240. The van der Waals surface area contributed by atoms with Gasteiger partial charge >= 0.3 is 0 Å². The van der Waals surface area contributed by atoms with Crippen LogP contribution in [0.3, 0.4) is 0 Å². The van der Waals surface area contributed by atoms with Crippen molar-refractivity contribution in [1.82, 2.24) is 9.55 Å². The molecule has 2 aromatic heterocycles. The van der Waals surface area contributed by atoms with Gasteiger partial charge in [-0.2, -0.15) is 0 Å². The maximum atomic E-state index is 14.8. The fourth-order valence-electron chi connectivity index (χ4n) is 2.91. The SMILES string of the molecule is Nc1cc(Oc2ccc(-c3cccn(-c4ccc(F)cc4)c3=O)c(F)c2)ccn1. The van der Waals surface area contributed by atoms with Crippen LogP contribution >= 0.6 is 0 Å². The highest BCUT2D eigenvalue weighted by Gasteiger charge is 2.13. The van der Waals surface area contributed by atoms with Crippen LogP contribution in [0.5, 0.6) is 11.5 Å². The molecule has 0 unspecified atom stereocenters. The van der Waals surface area contributed by atoms with Crippen molar-refractivity contribution in [2.45, 2.75) is 0 Å². The zero-order valence-corrected chi connectivity index (χ0v) is 15.0. The molecule has 0 amide bonds. The minimum atomic E-state index is -0.613. The molecule has 0 aliphatic rings. The van der Waals surface area contributed by atoms with Crippen molar-refractivity contribution in [2.24, 2.45) is 0 Å². The van der Waals surface area contributed by atoms with Gasteiger partial charge in [0.1, 0.15) is 29.0 Å². The molecule has 2 heterocycles. The summed E-state index contributed by atoms with van der Waals surface area (Å²) in [5.41, 5.74) is 5.97. The zero-order valence-electron chi connectivity index (χ0n) is 15.0. The Morgan fingerprint density at radius 1 is 0.897 bits per heavy atom. The summed E-state index contributed by atoms with van der Waals surface area (Å²) in [6.07, 6.45) is 3.03. The van der Waals surface area contributed by atoms with E-state index < -0.39 is 17.2 Å². The lowest BCUT2D eigenvalue weighted by Gasteiger charge is -2.11. The summed E-state index contributed by atoms with van der Waals surface area (Å²) in [4.78, 5) is 16.7. The molecule has 0 bridgehead atoms. The monoisotopic (exact) mass is 391 g/mol. The summed E-state index contributed by atoms with van der Waals surface area (Å²) in [5, 5.41) is 0.